The van der Waals surface area contributed by atoms with Crippen molar-refractivity contribution < 1.29 is 15.1 Å². The molecule has 0 amide bonds. The number of hydrogen-bond acceptors (Lipinski definition) is 4. The first-order valence-electron chi connectivity index (χ1n) is 4.23. The predicted molar refractivity (Wildman–Crippen MR) is 47.6 cm³/mol. The first-order chi connectivity index (χ1) is 6.59. The Hall–Kier alpha value is -1.62. The first-order valence-corrected chi connectivity index (χ1v) is 4.23. The van der Waals surface area contributed by atoms with Gasteiger partial charge in [-0.1, -0.05) is 6.07 Å². The number of fused-ring (bicyclic) bond motifs is 1. The molecule has 0 aromatic heterocycles. The number of phenolic OH excluding ortho intramolecular Hbond substituents is 1. The van der Waals surface area contributed by atoms with Gasteiger partial charge in [0.15, 0.2) is 0 Å². The van der Waals surface area contributed by atoms with Crippen LogP contribution in [0.1, 0.15) is 17.2 Å². The molecule has 2 N–H and O–H groups in total. The standard InChI is InChI=1S/C9H9NO4/c11-6-2-1-5-3-8(12)9(10(13)14)7(5)4-6/h1-2,4,8-9,11-12H,3H2. The number of aliphatic hydroxyl groups excluding tert-OH is 1. The number of nitrogens with zero attached hydrogens (tertiary/aromatic N) is 1. The van der Waals surface area contributed by atoms with Crippen molar-refractivity contribution in [3.05, 3.63) is 39.4 Å². The summed E-state index contributed by atoms with van der Waals surface area (Å²) in [7, 11) is 0. The Morgan fingerprint density at radius 2 is 2.21 bits per heavy atom. The smallest absolute Gasteiger partial charge is 0.264 e. The van der Waals surface area contributed by atoms with Gasteiger partial charge < -0.3 is 10.2 Å². The molecule has 0 spiro atoms. The minimum absolute atomic E-state index is 0.00954. The molecule has 2 atom stereocenters. The topological polar surface area (TPSA) is 83.6 Å². The second kappa shape index (κ2) is 2.95. The van der Waals surface area contributed by atoms with Crippen LogP contribution < -0.4 is 0 Å². The predicted octanol–water partition coefficient (Wildman–Crippen LogP) is 0.627. The minimum atomic E-state index is -1.10. The van der Waals surface area contributed by atoms with E-state index in [0.717, 1.165) is 5.56 Å². The zero-order chi connectivity index (χ0) is 10.3. The maximum Gasteiger partial charge on any atom is 0.264 e. The number of rotatable bonds is 1. The monoisotopic (exact) mass is 195 g/mol. The van der Waals surface area contributed by atoms with E-state index < -0.39 is 17.1 Å². The third-order valence-corrected chi connectivity index (χ3v) is 2.47. The van der Waals surface area contributed by atoms with E-state index in [1.165, 1.54) is 12.1 Å². The van der Waals surface area contributed by atoms with Crippen LogP contribution in [0.15, 0.2) is 18.2 Å². The van der Waals surface area contributed by atoms with Crippen molar-refractivity contribution >= 4 is 0 Å². The zero-order valence-corrected chi connectivity index (χ0v) is 7.25. The summed E-state index contributed by atoms with van der Waals surface area (Å²) in [5, 5.41) is 29.3. The van der Waals surface area contributed by atoms with Crippen LogP contribution in [-0.2, 0) is 6.42 Å². The Balaban J connectivity index is 2.49. The van der Waals surface area contributed by atoms with Crippen LogP contribution in [0.5, 0.6) is 5.75 Å². The summed E-state index contributed by atoms with van der Waals surface area (Å²) < 4.78 is 0. The van der Waals surface area contributed by atoms with E-state index in [2.05, 4.69) is 0 Å². The average Bonchev–Trinajstić information content (AvgIpc) is 2.40. The van der Waals surface area contributed by atoms with Crippen LogP contribution in [0.3, 0.4) is 0 Å². The van der Waals surface area contributed by atoms with Gasteiger partial charge in [0.05, 0.1) is 0 Å². The van der Waals surface area contributed by atoms with Gasteiger partial charge in [-0.3, -0.25) is 10.1 Å². The Labute approximate surface area is 79.8 Å². The maximum atomic E-state index is 10.6. The Morgan fingerprint density at radius 1 is 1.50 bits per heavy atom. The van der Waals surface area contributed by atoms with Gasteiger partial charge in [0.2, 0.25) is 0 Å². The third-order valence-electron chi connectivity index (χ3n) is 2.47. The fourth-order valence-corrected chi connectivity index (χ4v) is 1.84. The molecule has 1 aliphatic carbocycles. The molecule has 1 aromatic carbocycles. The first kappa shape index (κ1) is 8.96. The molecule has 0 aliphatic heterocycles. The molecule has 0 saturated carbocycles. The van der Waals surface area contributed by atoms with Gasteiger partial charge in [0, 0.05) is 16.9 Å². The number of hydrogen-bond donors (Lipinski definition) is 2. The molecule has 1 aromatic rings. The van der Waals surface area contributed by atoms with E-state index in [1.54, 1.807) is 6.07 Å². The van der Waals surface area contributed by atoms with Gasteiger partial charge in [0.25, 0.3) is 6.04 Å². The van der Waals surface area contributed by atoms with Gasteiger partial charge >= 0.3 is 0 Å². The summed E-state index contributed by atoms with van der Waals surface area (Å²) >= 11 is 0. The highest BCUT2D eigenvalue weighted by molar-refractivity contribution is 5.40. The number of phenols is 1. The molecule has 0 bridgehead atoms. The Kier molecular flexibility index (Phi) is 1.89. The molecule has 2 rings (SSSR count). The highest BCUT2D eigenvalue weighted by Crippen LogP contribution is 2.35. The molecule has 14 heavy (non-hydrogen) atoms. The van der Waals surface area contributed by atoms with Gasteiger partial charge in [-0.25, -0.2) is 0 Å². The average molecular weight is 195 g/mol. The van der Waals surface area contributed by atoms with E-state index in [1.807, 2.05) is 0 Å². The summed E-state index contributed by atoms with van der Waals surface area (Å²) in [6, 6.07) is 3.32. The van der Waals surface area contributed by atoms with Crippen molar-refractivity contribution in [3.8, 4) is 5.75 Å². The second-order valence-corrected chi connectivity index (χ2v) is 3.38. The lowest BCUT2D eigenvalue weighted by molar-refractivity contribution is -0.538. The van der Waals surface area contributed by atoms with Gasteiger partial charge in [-0.15, -0.1) is 0 Å². The van der Waals surface area contributed by atoms with Crippen molar-refractivity contribution in [2.75, 3.05) is 0 Å². The summed E-state index contributed by atoms with van der Waals surface area (Å²) in [6.07, 6.45) is -0.705. The van der Waals surface area contributed by atoms with Crippen LogP contribution in [-0.4, -0.2) is 21.2 Å². The van der Waals surface area contributed by atoms with Crippen molar-refractivity contribution in [1.29, 1.82) is 0 Å². The zero-order valence-electron chi connectivity index (χ0n) is 7.25. The summed E-state index contributed by atoms with van der Waals surface area (Å²) in [5.74, 6) is -0.00954. The maximum absolute atomic E-state index is 10.6. The Morgan fingerprint density at radius 3 is 2.86 bits per heavy atom. The molecule has 2 unspecified atom stereocenters. The van der Waals surface area contributed by atoms with Gasteiger partial charge in [-0.2, -0.15) is 0 Å². The quantitative estimate of drug-likeness (QED) is 0.508. The largest absolute Gasteiger partial charge is 0.508 e. The summed E-state index contributed by atoms with van der Waals surface area (Å²) in [5.41, 5.74) is 1.15. The van der Waals surface area contributed by atoms with Gasteiger partial charge in [-0.05, 0) is 17.7 Å². The van der Waals surface area contributed by atoms with E-state index in [9.17, 15) is 20.3 Å². The van der Waals surface area contributed by atoms with Crippen LogP contribution in [0.25, 0.3) is 0 Å². The SMILES string of the molecule is O=[N+]([O-])C1c2cc(O)ccc2CC1O. The number of nitro groups is 1. The van der Waals surface area contributed by atoms with E-state index in [-0.39, 0.29) is 12.2 Å². The highest BCUT2D eigenvalue weighted by Gasteiger charge is 2.40. The molecule has 0 radical (unpaired) electrons. The third kappa shape index (κ3) is 1.22. The molecular weight excluding hydrogens is 186 g/mol. The fraction of sp³-hybridized carbons (Fsp3) is 0.333. The van der Waals surface area contributed by atoms with Gasteiger partial charge in [0.1, 0.15) is 11.9 Å². The normalized spacial score (nSPS) is 24.6. The molecule has 0 heterocycles. The summed E-state index contributed by atoms with van der Waals surface area (Å²) in [4.78, 5) is 10.1. The van der Waals surface area contributed by atoms with Crippen LogP contribution in [0.4, 0.5) is 0 Å². The molecule has 1 aliphatic rings. The lowest BCUT2D eigenvalue weighted by atomic mass is 10.1. The van der Waals surface area contributed by atoms with Crippen LogP contribution in [0, 0.1) is 10.1 Å². The van der Waals surface area contributed by atoms with Crippen molar-refractivity contribution in [3.63, 3.8) is 0 Å². The van der Waals surface area contributed by atoms with E-state index >= 15 is 0 Å². The number of benzene rings is 1. The van der Waals surface area contributed by atoms with Crippen LogP contribution >= 0.6 is 0 Å². The van der Waals surface area contributed by atoms with Crippen molar-refractivity contribution in [2.45, 2.75) is 18.6 Å². The Bertz CT molecular complexity index is 390. The van der Waals surface area contributed by atoms with E-state index in [0.29, 0.717) is 5.56 Å². The van der Waals surface area contributed by atoms with Crippen LogP contribution in [0.2, 0.25) is 0 Å². The van der Waals surface area contributed by atoms with Crippen molar-refractivity contribution in [1.82, 2.24) is 0 Å². The summed E-state index contributed by atoms with van der Waals surface area (Å²) in [6.45, 7) is 0. The van der Waals surface area contributed by atoms with Crippen molar-refractivity contribution in [2.24, 2.45) is 0 Å². The highest BCUT2D eigenvalue weighted by atomic mass is 16.6. The molecule has 5 nitrogen and oxygen atoms in total. The molecule has 5 heteroatoms. The number of aliphatic hydroxyl groups is 1. The molecule has 0 fully saturated rings. The fourth-order valence-electron chi connectivity index (χ4n) is 1.84. The minimum Gasteiger partial charge on any atom is -0.508 e. The second-order valence-electron chi connectivity index (χ2n) is 3.38. The molecule has 74 valence electrons. The lowest BCUT2D eigenvalue weighted by Crippen LogP contribution is -2.20. The lowest BCUT2D eigenvalue weighted by Gasteiger charge is -2.06. The molecular formula is C9H9NO4. The number of aromatic hydroxyl groups is 1. The van der Waals surface area contributed by atoms with E-state index in [4.69, 9.17) is 0 Å². The molecule has 0 saturated heterocycles.